The van der Waals surface area contributed by atoms with Gasteiger partial charge >= 0.3 is 0 Å². The van der Waals surface area contributed by atoms with E-state index in [-0.39, 0.29) is 11.4 Å². The van der Waals surface area contributed by atoms with Gasteiger partial charge in [0.1, 0.15) is 0 Å². The molecule has 0 aromatic carbocycles. The number of nitrogens with one attached hydrogen (secondary N) is 1. The highest BCUT2D eigenvalue weighted by molar-refractivity contribution is 5.76. The van der Waals surface area contributed by atoms with Crippen LogP contribution in [0.1, 0.15) is 32.6 Å². The monoisotopic (exact) mass is 184 g/mol. The van der Waals surface area contributed by atoms with E-state index in [2.05, 4.69) is 24.3 Å². The number of amides is 1. The minimum atomic E-state index is 0.0938. The zero-order chi connectivity index (χ0) is 9.90. The van der Waals surface area contributed by atoms with Crippen LogP contribution in [0.15, 0.2) is 0 Å². The maximum Gasteiger partial charge on any atom is 0.220 e. The van der Waals surface area contributed by atoms with Crippen LogP contribution in [-0.2, 0) is 4.79 Å². The summed E-state index contributed by atoms with van der Waals surface area (Å²) in [5, 5.41) is 3.13. The molecule has 0 spiro atoms. The van der Waals surface area contributed by atoms with Crippen LogP contribution in [0.2, 0.25) is 0 Å². The molecular weight excluding hydrogens is 164 g/mol. The highest BCUT2D eigenvalue weighted by Gasteiger charge is 2.38. The third-order valence-corrected chi connectivity index (χ3v) is 2.66. The van der Waals surface area contributed by atoms with E-state index >= 15 is 0 Å². The van der Waals surface area contributed by atoms with Crippen molar-refractivity contribution >= 4 is 5.91 Å². The molecule has 0 bridgehead atoms. The fraction of sp³-hybridized carbons (Fsp3) is 0.900. The van der Waals surface area contributed by atoms with Crippen molar-refractivity contribution in [2.45, 2.75) is 38.1 Å². The molecule has 3 nitrogen and oxygen atoms in total. The Hall–Kier alpha value is -0.570. The Labute approximate surface area is 80.5 Å². The van der Waals surface area contributed by atoms with Crippen LogP contribution in [0.25, 0.3) is 0 Å². The molecule has 1 saturated carbocycles. The molecule has 0 saturated heterocycles. The third kappa shape index (κ3) is 2.69. The summed E-state index contributed by atoms with van der Waals surface area (Å²) in [5.74, 6) is 0.182. The lowest BCUT2D eigenvalue weighted by atomic mass is 9.76. The van der Waals surface area contributed by atoms with Gasteiger partial charge in [-0.3, -0.25) is 4.79 Å². The van der Waals surface area contributed by atoms with Crippen molar-refractivity contribution in [3.8, 4) is 0 Å². The summed E-state index contributed by atoms with van der Waals surface area (Å²) in [5.41, 5.74) is 0.0938. The predicted molar refractivity (Wildman–Crippen MR) is 53.6 cm³/mol. The van der Waals surface area contributed by atoms with Crippen molar-refractivity contribution < 1.29 is 4.79 Å². The molecule has 1 rings (SSSR count). The molecule has 0 heterocycles. The lowest BCUT2D eigenvalue weighted by Crippen LogP contribution is -2.58. The van der Waals surface area contributed by atoms with Gasteiger partial charge in [0.05, 0.1) is 5.54 Å². The van der Waals surface area contributed by atoms with Gasteiger partial charge in [-0.1, -0.05) is 6.92 Å². The first-order chi connectivity index (χ1) is 6.08. The number of hydrogen-bond acceptors (Lipinski definition) is 2. The second-order valence-electron chi connectivity index (χ2n) is 4.27. The summed E-state index contributed by atoms with van der Waals surface area (Å²) in [6.45, 7) is 2.87. The minimum Gasteiger partial charge on any atom is -0.349 e. The van der Waals surface area contributed by atoms with Crippen molar-refractivity contribution in [2.75, 3.05) is 20.6 Å². The van der Waals surface area contributed by atoms with Crippen LogP contribution >= 0.6 is 0 Å². The molecule has 3 heteroatoms. The zero-order valence-electron chi connectivity index (χ0n) is 8.89. The molecule has 0 aromatic rings. The average Bonchev–Trinajstić information content (AvgIpc) is 1.99. The van der Waals surface area contributed by atoms with Crippen LogP contribution in [0.3, 0.4) is 0 Å². The summed E-state index contributed by atoms with van der Waals surface area (Å²) in [4.78, 5) is 13.4. The van der Waals surface area contributed by atoms with Gasteiger partial charge in [-0.2, -0.15) is 0 Å². The highest BCUT2D eigenvalue weighted by Crippen LogP contribution is 2.32. The SMILES string of the molecule is CCC(=O)NC1(CN(C)C)CCC1. The lowest BCUT2D eigenvalue weighted by Gasteiger charge is -2.44. The average molecular weight is 184 g/mol. The second-order valence-corrected chi connectivity index (χ2v) is 4.27. The Balaban J connectivity index is 2.44. The van der Waals surface area contributed by atoms with E-state index in [1.807, 2.05) is 6.92 Å². The zero-order valence-corrected chi connectivity index (χ0v) is 8.89. The largest absolute Gasteiger partial charge is 0.349 e. The van der Waals surface area contributed by atoms with Crippen molar-refractivity contribution in [3.05, 3.63) is 0 Å². The van der Waals surface area contributed by atoms with Crippen LogP contribution in [-0.4, -0.2) is 37.0 Å². The van der Waals surface area contributed by atoms with Crippen molar-refractivity contribution in [2.24, 2.45) is 0 Å². The normalized spacial score (nSPS) is 19.7. The van der Waals surface area contributed by atoms with Gasteiger partial charge in [-0.15, -0.1) is 0 Å². The van der Waals surface area contributed by atoms with Crippen LogP contribution in [0, 0.1) is 0 Å². The molecule has 1 N–H and O–H groups in total. The number of nitrogens with zero attached hydrogens (tertiary/aromatic N) is 1. The molecule has 13 heavy (non-hydrogen) atoms. The first-order valence-electron chi connectivity index (χ1n) is 5.04. The van der Waals surface area contributed by atoms with E-state index in [0.29, 0.717) is 6.42 Å². The predicted octanol–water partition coefficient (Wildman–Crippen LogP) is 0.997. The van der Waals surface area contributed by atoms with Gasteiger partial charge < -0.3 is 10.2 Å². The van der Waals surface area contributed by atoms with Crippen LogP contribution in [0.5, 0.6) is 0 Å². The Morgan fingerprint density at radius 1 is 1.46 bits per heavy atom. The summed E-state index contributed by atoms with van der Waals surface area (Å²) < 4.78 is 0. The molecular formula is C10H20N2O. The summed E-state index contributed by atoms with van der Waals surface area (Å²) in [7, 11) is 4.11. The van der Waals surface area contributed by atoms with Crippen LogP contribution in [0.4, 0.5) is 0 Å². The Morgan fingerprint density at radius 2 is 2.08 bits per heavy atom. The van der Waals surface area contributed by atoms with Gasteiger partial charge in [0, 0.05) is 13.0 Å². The maximum atomic E-state index is 11.3. The molecule has 0 aromatic heterocycles. The molecule has 0 radical (unpaired) electrons. The number of hydrogen-bond donors (Lipinski definition) is 1. The van der Waals surface area contributed by atoms with E-state index in [1.165, 1.54) is 6.42 Å². The van der Waals surface area contributed by atoms with Gasteiger partial charge in [0.2, 0.25) is 5.91 Å². The minimum absolute atomic E-state index is 0.0938. The lowest BCUT2D eigenvalue weighted by molar-refractivity contribution is -0.124. The third-order valence-electron chi connectivity index (χ3n) is 2.66. The van der Waals surface area contributed by atoms with E-state index in [9.17, 15) is 4.79 Å². The first-order valence-corrected chi connectivity index (χ1v) is 5.04. The Kier molecular flexibility index (Phi) is 3.31. The second kappa shape index (κ2) is 4.09. The van der Waals surface area contributed by atoms with E-state index < -0.39 is 0 Å². The van der Waals surface area contributed by atoms with Crippen molar-refractivity contribution in [1.82, 2.24) is 10.2 Å². The molecule has 0 unspecified atom stereocenters. The van der Waals surface area contributed by atoms with Gasteiger partial charge in [-0.05, 0) is 33.4 Å². The molecule has 1 aliphatic carbocycles. The maximum absolute atomic E-state index is 11.3. The van der Waals surface area contributed by atoms with Crippen LogP contribution < -0.4 is 5.32 Å². The quantitative estimate of drug-likeness (QED) is 0.707. The standard InChI is InChI=1S/C10H20N2O/c1-4-9(13)11-10(6-5-7-10)8-12(2)3/h4-8H2,1-3H3,(H,11,13). The van der Waals surface area contributed by atoms with Gasteiger partial charge in [0.15, 0.2) is 0 Å². The van der Waals surface area contributed by atoms with Gasteiger partial charge in [0.25, 0.3) is 0 Å². The highest BCUT2D eigenvalue weighted by atomic mass is 16.1. The number of carbonyl (C=O) groups is 1. The summed E-state index contributed by atoms with van der Waals surface area (Å²) in [6.07, 6.45) is 4.11. The molecule has 1 aliphatic rings. The smallest absolute Gasteiger partial charge is 0.220 e. The number of likely N-dealkylation sites (N-methyl/N-ethyl adjacent to an activating group) is 1. The van der Waals surface area contributed by atoms with E-state index in [1.54, 1.807) is 0 Å². The number of carbonyl (C=O) groups excluding carboxylic acids is 1. The molecule has 76 valence electrons. The molecule has 0 aliphatic heterocycles. The Morgan fingerprint density at radius 3 is 2.38 bits per heavy atom. The molecule has 0 atom stereocenters. The summed E-state index contributed by atoms with van der Waals surface area (Å²) in [6, 6.07) is 0. The fourth-order valence-corrected chi connectivity index (χ4v) is 1.92. The number of rotatable bonds is 4. The summed E-state index contributed by atoms with van der Waals surface area (Å²) >= 11 is 0. The van der Waals surface area contributed by atoms with Gasteiger partial charge in [-0.25, -0.2) is 0 Å². The first kappa shape index (κ1) is 10.5. The molecule has 1 fully saturated rings. The van der Waals surface area contributed by atoms with Crippen molar-refractivity contribution in [1.29, 1.82) is 0 Å². The fourth-order valence-electron chi connectivity index (χ4n) is 1.92. The van der Waals surface area contributed by atoms with E-state index in [4.69, 9.17) is 0 Å². The van der Waals surface area contributed by atoms with Crippen molar-refractivity contribution in [3.63, 3.8) is 0 Å². The Bertz CT molecular complexity index is 185. The topological polar surface area (TPSA) is 32.3 Å². The van der Waals surface area contributed by atoms with E-state index in [0.717, 1.165) is 19.4 Å². The molecule has 1 amide bonds.